The molecule has 4 aromatic rings. The molecule has 1 atom stereocenters. The lowest BCUT2D eigenvalue weighted by atomic mass is 10.00. The highest BCUT2D eigenvalue weighted by molar-refractivity contribution is 5.88. The van der Waals surface area contributed by atoms with E-state index in [2.05, 4.69) is 22.2 Å². The fraction of sp³-hybridized carbons (Fsp3) is 0.190. The molecule has 5 rings (SSSR count). The molecule has 1 fully saturated rings. The first kappa shape index (κ1) is 15.9. The van der Waals surface area contributed by atoms with Crippen molar-refractivity contribution in [3.63, 3.8) is 0 Å². The maximum atomic E-state index is 13.9. The Kier molecular flexibility index (Phi) is 3.81. The van der Waals surface area contributed by atoms with Crippen LogP contribution in [-0.4, -0.2) is 38.8 Å². The minimum atomic E-state index is -0.825. The summed E-state index contributed by atoms with van der Waals surface area (Å²) in [5.74, 6) is 1.35. The Morgan fingerprint density at radius 2 is 1.85 bits per heavy atom. The van der Waals surface area contributed by atoms with Gasteiger partial charge in [0.25, 0.3) is 0 Å². The van der Waals surface area contributed by atoms with Gasteiger partial charge in [-0.15, -0.1) is 5.10 Å². The lowest BCUT2D eigenvalue weighted by molar-refractivity contribution is 0.364. The lowest BCUT2D eigenvalue weighted by Gasteiger charge is -2.21. The van der Waals surface area contributed by atoms with Crippen molar-refractivity contribution in [2.45, 2.75) is 12.6 Å². The van der Waals surface area contributed by atoms with Crippen LogP contribution in [0.25, 0.3) is 28.2 Å². The fourth-order valence-electron chi connectivity index (χ4n) is 3.62. The molecule has 0 aliphatic carbocycles. The highest BCUT2D eigenvalue weighted by atomic mass is 19.1. The number of fused-ring (bicyclic) bond motifs is 1. The van der Waals surface area contributed by atoms with Crippen molar-refractivity contribution in [2.75, 3.05) is 18.0 Å². The van der Waals surface area contributed by atoms with Gasteiger partial charge in [-0.25, -0.2) is 18.9 Å². The topological polar surface area (TPSA) is 46.3 Å². The summed E-state index contributed by atoms with van der Waals surface area (Å²) >= 11 is 0. The van der Waals surface area contributed by atoms with Crippen LogP contribution in [0, 0.1) is 0 Å². The van der Waals surface area contributed by atoms with Gasteiger partial charge in [-0.2, -0.15) is 0 Å². The quantitative estimate of drug-likeness (QED) is 0.555. The van der Waals surface area contributed by atoms with Crippen LogP contribution < -0.4 is 4.90 Å². The summed E-state index contributed by atoms with van der Waals surface area (Å²) in [6, 6.07) is 17.9. The third kappa shape index (κ3) is 2.83. The number of anilines is 1. The smallest absolute Gasteiger partial charge is 0.186 e. The van der Waals surface area contributed by atoms with Crippen LogP contribution in [0.1, 0.15) is 6.42 Å². The van der Waals surface area contributed by atoms with E-state index in [0.717, 1.165) is 28.2 Å². The Hall–Kier alpha value is -3.28. The van der Waals surface area contributed by atoms with Crippen molar-refractivity contribution >= 4 is 11.5 Å². The molecule has 3 aromatic heterocycles. The van der Waals surface area contributed by atoms with E-state index in [-0.39, 0.29) is 0 Å². The second-order valence-electron chi connectivity index (χ2n) is 6.69. The van der Waals surface area contributed by atoms with Crippen molar-refractivity contribution in [1.82, 2.24) is 19.6 Å². The molecule has 0 bridgehead atoms. The first-order valence-electron chi connectivity index (χ1n) is 9.05. The predicted octanol–water partition coefficient (Wildman–Crippen LogP) is 4.01. The van der Waals surface area contributed by atoms with Gasteiger partial charge in [0, 0.05) is 18.9 Å². The molecule has 0 spiro atoms. The molecule has 0 amide bonds. The number of hydrogen-bond acceptors (Lipinski definition) is 4. The number of benzene rings is 1. The minimum Gasteiger partial charge on any atom is -0.353 e. The summed E-state index contributed by atoms with van der Waals surface area (Å²) in [6.07, 6.45) is 3.35. The van der Waals surface area contributed by atoms with Crippen LogP contribution in [0.2, 0.25) is 0 Å². The number of alkyl halides is 1. The standard InChI is InChI=1S/C21H18FN5/c22-16-10-13-26(14-16)21-19(20-24-18-8-4-5-12-27(18)25-20)17(9-11-23-21)15-6-2-1-3-7-15/h1-9,11-12,16H,10,13-14H2. The Morgan fingerprint density at radius 3 is 2.63 bits per heavy atom. The summed E-state index contributed by atoms with van der Waals surface area (Å²) in [4.78, 5) is 11.3. The van der Waals surface area contributed by atoms with Gasteiger partial charge in [-0.1, -0.05) is 36.4 Å². The molecular weight excluding hydrogens is 341 g/mol. The normalized spacial score (nSPS) is 16.9. The van der Waals surface area contributed by atoms with E-state index in [9.17, 15) is 4.39 Å². The minimum absolute atomic E-state index is 0.353. The van der Waals surface area contributed by atoms with E-state index < -0.39 is 6.17 Å². The Labute approximate surface area is 156 Å². The van der Waals surface area contributed by atoms with Gasteiger partial charge in [0.05, 0.1) is 12.1 Å². The Bertz CT molecular complexity index is 1060. The third-order valence-corrected chi connectivity index (χ3v) is 4.91. The second-order valence-corrected chi connectivity index (χ2v) is 6.69. The molecule has 0 N–H and O–H groups in total. The molecule has 0 radical (unpaired) electrons. The van der Waals surface area contributed by atoms with Gasteiger partial charge < -0.3 is 4.90 Å². The van der Waals surface area contributed by atoms with E-state index in [4.69, 9.17) is 4.98 Å². The Balaban J connectivity index is 1.75. The van der Waals surface area contributed by atoms with Crippen LogP contribution in [0.4, 0.5) is 10.2 Å². The molecule has 134 valence electrons. The highest BCUT2D eigenvalue weighted by Crippen LogP contribution is 2.38. The highest BCUT2D eigenvalue weighted by Gasteiger charge is 2.28. The van der Waals surface area contributed by atoms with Crippen molar-refractivity contribution in [2.24, 2.45) is 0 Å². The van der Waals surface area contributed by atoms with Gasteiger partial charge in [0.15, 0.2) is 11.5 Å². The summed E-state index contributed by atoms with van der Waals surface area (Å²) in [5.41, 5.74) is 3.68. The molecule has 1 aliphatic rings. The number of aromatic nitrogens is 4. The van der Waals surface area contributed by atoms with E-state index >= 15 is 0 Å². The fourth-order valence-corrected chi connectivity index (χ4v) is 3.62. The van der Waals surface area contributed by atoms with Gasteiger partial charge >= 0.3 is 0 Å². The molecule has 27 heavy (non-hydrogen) atoms. The second kappa shape index (κ2) is 6.46. The average Bonchev–Trinajstić information content (AvgIpc) is 3.34. The SMILES string of the molecule is FC1CCN(c2nccc(-c3ccccc3)c2-c2nc3ccccn3n2)C1. The van der Waals surface area contributed by atoms with E-state index in [1.54, 1.807) is 10.7 Å². The van der Waals surface area contributed by atoms with E-state index in [1.807, 2.05) is 53.6 Å². The molecule has 5 nitrogen and oxygen atoms in total. The first-order valence-corrected chi connectivity index (χ1v) is 9.05. The molecule has 6 heteroatoms. The summed E-state index contributed by atoms with van der Waals surface area (Å²) in [6.45, 7) is 0.998. The number of rotatable bonds is 3. The molecule has 1 unspecified atom stereocenters. The zero-order valence-corrected chi connectivity index (χ0v) is 14.7. The predicted molar refractivity (Wildman–Crippen MR) is 103 cm³/mol. The largest absolute Gasteiger partial charge is 0.353 e. The average molecular weight is 359 g/mol. The van der Waals surface area contributed by atoms with E-state index in [1.165, 1.54) is 0 Å². The van der Waals surface area contributed by atoms with Crippen LogP contribution in [0.15, 0.2) is 67.0 Å². The number of nitrogens with zero attached hydrogens (tertiary/aromatic N) is 5. The maximum Gasteiger partial charge on any atom is 0.186 e. The molecular formula is C21H18FN5. The molecule has 1 aromatic carbocycles. The molecule has 1 aliphatic heterocycles. The summed E-state index contributed by atoms with van der Waals surface area (Å²) in [7, 11) is 0. The van der Waals surface area contributed by atoms with Crippen LogP contribution in [0.5, 0.6) is 0 Å². The van der Waals surface area contributed by atoms with Gasteiger partial charge in [-0.3, -0.25) is 0 Å². The van der Waals surface area contributed by atoms with Crippen molar-refractivity contribution in [3.8, 4) is 22.5 Å². The first-order chi connectivity index (χ1) is 13.3. The number of hydrogen-bond donors (Lipinski definition) is 0. The number of pyridine rings is 2. The van der Waals surface area contributed by atoms with Gasteiger partial charge in [-0.05, 0) is 35.7 Å². The van der Waals surface area contributed by atoms with Gasteiger partial charge in [0.2, 0.25) is 0 Å². The third-order valence-electron chi connectivity index (χ3n) is 4.91. The monoisotopic (exact) mass is 359 g/mol. The molecule has 1 saturated heterocycles. The molecule has 0 saturated carbocycles. The van der Waals surface area contributed by atoms with Crippen molar-refractivity contribution in [1.29, 1.82) is 0 Å². The Morgan fingerprint density at radius 1 is 1.00 bits per heavy atom. The van der Waals surface area contributed by atoms with Crippen molar-refractivity contribution in [3.05, 3.63) is 67.0 Å². The van der Waals surface area contributed by atoms with E-state index in [0.29, 0.717) is 25.3 Å². The molecule has 4 heterocycles. The maximum absolute atomic E-state index is 13.9. The van der Waals surface area contributed by atoms with Crippen LogP contribution in [0.3, 0.4) is 0 Å². The summed E-state index contributed by atoms with van der Waals surface area (Å²) < 4.78 is 15.6. The zero-order chi connectivity index (χ0) is 18.2. The number of halogens is 1. The van der Waals surface area contributed by atoms with Crippen LogP contribution in [-0.2, 0) is 0 Å². The lowest BCUT2D eigenvalue weighted by Crippen LogP contribution is -2.22. The van der Waals surface area contributed by atoms with Gasteiger partial charge in [0.1, 0.15) is 12.0 Å². The van der Waals surface area contributed by atoms with Crippen molar-refractivity contribution < 1.29 is 4.39 Å². The zero-order valence-electron chi connectivity index (χ0n) is 14.7. The van der Waals surface area contributed by atoms with Crippen LogP contribution >= 0.6 is 0 Å². The summed E-state index contributed by atoms with van der Waals surface area (Å²) in [5, 5.41) is 4.67.